The van der Waals surface area contributed by atoms with Gasteiger partial charge in [0.05, 0.1) is 10.8 Å². The number of ketones is 1. The van der Waals surface area contributed by atoms with Crippen LogP contribution in [0.3, 0.4) is 0 Å². The number of hydrogen-bond donors (Lipinski definition) is 0. The van der Waals surface area contributed by atoms with Crippen LogP contribution in [0.15, 0.2) is 12.1 Å². The van der Waals surface area contributed by atoms with E-state index < -0.39 is 0 Å². The first-order valence-electron chi connectivity index (χ1n) is 4.14. The molecule has 0 spiro atoms. The van der Waals surface area contributed by atoms with Gasteiger partial charge in [-0.2, -0.15) is 0 Å². The van der Waals surface area contributed by atoms with E-state index in [1.807, 2.05) is 12.1 Å². The van der Waals surface area contributed by atoms with E-state index in [1.165, 1.54) is 16.2 Å². The van der Waals surface area contributed by atoms with Crippen LogP contribution in [-0.4, -0.2) is 11.7 Å². The molecule has 0 radical (unpaired) electrons. The molecule has 1 nitrogen and oxygen atoms in total. The first-order valence-corrected chi connectivity index (χ1v) is 5.49. The second kappa shape index (κ2) is 3.81. The smallest absolute Gasteiger partial charge is 0.187 e. The number of hydrogen-bond acceptors (Lipinski definition) is 2. The average molecular weight is 217 g/mol. The summed E-state index contributed by atoms with van der Waals surface area (Å²) in [5.41, 5.74) is 0.121. The average Bonchev–Trinajstić information content (AvgIpc) is 2.50. The summed E-state index contributed by atoms with van der Waals surface area (Å²) in [4.78, 5) is 13.2. The summed E-state index contributed by atoms with van der Waals surface area (Å²) in [5, 5.41) is 0. The normalized spacial score (nSPS) is 11.7. The third kappa shape index (κ3) is 2.55. The minimum absolute atomic E-state index is 0.0159. The van der Waals surface area contributed by atoms with Gasteiger partial charge in [-0.1, -0.05) is 20.8 Å². The molecule has 0 fully saturated rings. The van der Waals surface area contributed by atoms with Crippen molar-refractivity contribution in [1.82, 2.24) is 0 Å². The second-order valence-corrected chi connectivity index (χ2v) is 5.32. The van der Waals surface area contributed by atoms with E-state index in [2.05, 4.69) is 20.8 Å². The van der Waals surface area contributed by atoms with Gasteiger partial charge >= 0.3 is 0 Å². The van der Waals surface area contributed by atoms with Crippen LogP contribution in [0.1, 0.15) is 35.3 Å². The lowest BCUT2D eigenvalue weighted by molar-refractivity contribution is 0.102. The number of rotatable bonds is 2. The molecule has 3 heteroatoms. The standard InChI is InChI=1S/C10H13ClOS/c1-10(2,3)9-5-4-8(13-9)7(12)6-11/h4-5H,6H2,1-3H3. The van der Waals surface area contributed by atoms with Gasteiger partial charge in [-0.25, -0.2) is 0 Å². The van der Waals surface area contributed by atoms with Crippen LogP contribution in [0, 0.1) is 0 Å². The number of thiophene rings is 1. The van der Waals surface area contributed by atoms with Crippen molar-refractivity contribution in [3.63, 3.8) is 0 Å². The highest BCUT2D eigenvalue weighted by atomic mass is 35.5. The molecule has 72 valence electrons. The van der Waals surface area contributed by atoms with Crippen LogP contribution in [0.5, 0.6) is 0 Å². The molecular formula is C10H13ClOS. The fourth-order valence-electron chi connectivity index (χ4n) is 0.957. The van der Waals surface area contributed by atoms with E-state index in [0.717, 1.165) is 4.88 Å². The Hall–Kier alpha value is -0.340. The SMILES string of the molecule is CC(C)(C)c1ccc(C(=O)CCl)s1. The van der Waals surface area contributed by atoms with Crippen molar-refractivity contribution in [2.45, 2.75) is 26.2 Å². The Bertz CT molecular complexity index is 309. The number of Topliss-reactive ketones (excluding diaryl/α,β-unsaturated/α-hetero) is 1. The van der Waals surface area contributed by atoms with Crippen molar-refractivity contribution >= 4 is 28.7 Å². The zero-order chi connectivity index (χ0) is 10.1. The lowest BCUT2D eigenvalue weighted by Crippen LogP contribution is -2.07. The zero-order valence-corrected chi connectivity index (χ0v) is 9.63. The summed E-state index contributed by atoms with van der Waals surface area (Å²) in [6.07, 6.45) is 0. The molecule has 0 aliphatic heterocycles. The predicted octanol–water partition coefficient (Wildman–Crippen LogP) is 3.47. The van der Waals surface area contributed by atoms with Crippen molar-refractivity contribution in [2.75, 3.05) is 5.88 Å². The Morgan fingerprint density at radius 3 is 2.46 bits per heavy atom. The van der Waals surface area contributed by atoms with E-state index in [9.17, 15) is 4.79 Å². The quantitative estimate of drug-likeness (QED) is 0.547. The molecule has 0 bridgehead atoms. The molecule has 1 aromatic rings. The molecular weight excluding hydrogens is 204 g/mol. The molecule has 0 N–H and O–H groups in total. The van der Waals surface area contributed by atoms with Crippen molar-refractivity contribution in [2.24, 2.45) is 0 Å². The summed E-state index contributed by atoms with van der Waals surface area (Å²) < 4.78 is 0. The molecule has 0 saturated carbocycles. The van der Waals surface area contributed by atoms with Crippen LogP contribution < -0.4 is 0 Å². The number of halogens is 1. The first kappa shape index (κ1) is 10.7. The van der Waals surface area contributed by atoms with Gasteiger partial charge in [0.15, 0.2) is 5.78 Å². The lowest BCUT2D eigenvalue weighted by atomic mass is 9.95. The van der Waals surface area contributed by atoms with E-state index in [1.54, 1.807) is 0 Å². The Morgan fingerprint density at radius 1 is 1.46 bits per heavy atom. The van der Waals surface area contributed by atoms with Gasteiger partial charge in [0.25, 0.3) is 0 Å². The Kier molecular flexibility index (Phi) is 3.14. The van der Waals surface area contributed by atoms with E-state index in [-0.39, 0.29) is 17.1 Å². The molecule has 0 aliphatic rings. The Labute approximate surface area is 87.7 Å². The van der Waals surface area contributed by atoms with Crippen LogP contribution in [0.4, 0.5) is 0 Å². The predicted molar refractivity (Wildman–Crippen MR) is 58.1 cm³/mol. The highest BCUT2D eigenvalue weighted by Crippen LogP contribution is 2.29. The highest BCUT2D eigenvalue weighted by molar-refractivity contribution is 7.14. The molecule has 1 aromatic heterocycles. The Morgan fingerprint density at radius 2 is 2.08 bits per heavy atom. The van der Waals surface area contributed by atoms with Crippen molar-refractivity contribution in [1.29, 1.82) is 0 Å². The number of alkyl halides is 1. The molecule has 0 aliphatic carbocycles. The minimum Gasteiger partial charge on any atom is -0.292 e. The van der Waals surface area contributed by atoms with Gasteiger partial charge in [0.1, 0.15) is 0 Å². The van der Waals surface area contributed by atoms with E-state index in [4.69, 9.17) is 11.6 Å². The van der Waals surface area contributed by atoms with Crippen LogP contribution in [0.25, 0.3) is 0 Å². The van der Waals surface area contributed by atoms with Crippen molar-refractivity contribution < 1.29 is 4.79 Å². The van der Waals surface area contributed by atoms with Gasteiger partial charge in [0.2, 0.25) is 0 Å². The first-order chi connectivity index (χ1) is 5.95. The fraction of sp³-hybridized carbons (Fsp3) is 0.500. The van der Waals surface area contributed by atoms with Gasteiger partial charge in [-0.15, -0.1) is 22.9 Å². The summed E-state index contributed by atoms with van der Waals surface area (Å²) in [5.74, 6) is 0.0894. The molecule has 0 aromatic carbocycles. The van der Waals surface area contributed by atoms with Crippen LogP contribution in [-0.2, 0) is 5.41 Å². The topological polar surface area (TPSA) is 17.1 Å². The van der Waals surface area contributed by atoms with Crippen LogP contribution in [0.2, 0.25) is 0 Å². The second-order valence-electron chi connectivity index (χ2n) is 3.97. The molecule has 1 rings (SSSR count). The van der Waals surface area contributed by atoms with E-state index >= 15 is 0 Å². The van der Waals surface area contributed by atoms with E-state index in [0.29, 0.717) is 0 Å². The van der Waals surface area contributed by atoms with Gasteiger partial charge in [-0.3, -0.25) is 4.79 Å². The maximum atomic E-state index is 11.2. The molecule has 13 heavy (non-hydrogen) atoms. The summed E-state index contributed by atoms with van der Waals surface area (Å²) in [7, 11) is 0. The largest absolute Gasteiger partial charge is 0.292 e. The maximum absolute atomic E-state index is 11.2. The number of carbonyl (C=O) groups is 1. The summed E-state index contributed by atoms with van der Waals surface area (Å²) in [6, 6.07) is 3.86. The van der Waals surface area contributed by atoms with Crippen molar-refractivity contribution in [3.05, 3.63) is 21.9 Å². The Balaban J connectivity index is 2.93. The molecule has 1 heterocycles. The van der Waals surface area contributed by atoms with Gasteiger partial charge in [-0.05, 0) is 17.5 Å². The number of carbonyl (C=O) groups excluding carboxylic acids is 1. The molecule has 0 atom stereocenters. The molecule has 0 unspecified atom stereocenters. The van der Waals surface area contributed by atoms with Crippen molar-refractivity contribution in [3.8, 4) is 0 Å². The molecule has 0 saturated heterocycles. The lowest BCUT2D eigenvalue weighted by Gasteiger charge is -2.15. The van der Waals surface area contributed by atoms with Gasteiger partial charge < -0.3 is 0 Å². The summed E-state index contributed by atoms with van der Waals surface area (Å²) in [6.45, 7) is 6.40. The maximum Gasteiger partial charge on any atom is 0.187 e. The minimum atomic E-state index is 0.0159. The summed E-state index contributed by atoms with van der Waals surface area (Å²) >= 11 is 7.01. The third-order valence-corrected chi connectivity index (χ3v) is 3.54. The van der Waals surface area contributed by atoms with Crippen LogP contribution >= 0.6 is 22.9 Å². The van der Waals surface area contributed by atoms with Gasteiger partial charge in [0, 0.05) is 4.88 Å². The highest BCUT2D eigenvalue weighted by Gasteiger charge is 2.17. The monoisotopic (exact) mass is 216 g/mol. The zero-order valence-electron chi connectivity index (χ0n) is 8.06. The fourth-order valence-corrected chi connectivity index (χ4v) is 2.18. The molecule has 0 amide bonds. The third-order valence-electron chi connectivity index (χ3n) is 1.74.